The van der Waals surface area contributed by atoms with Crippen molar-refractivity contribution >= 4 is 42.8 Å². The standard InChI is InChI=1S/C34H42N4O8S2/c1-5-36(6-2)24-9-12-27-30(21-24)46-31-22-25(37(7-3)8-4)10-13-28(31)34(27)29-14-11-26(23-32(29)48(43,44)45)47(41,42)38-19-17-35(18-20-38)16-15-33(39)40/h9-14,21-23H,5-8,15-20H2,1-4H3,(H-,39,40,43,44,45). The van der Waals surface area contributed by atoms with Gasteiger partial charge in [0.1, 0.15) is 34.6 Å². The molecule has 2 aliphatic heterocycles. The number of fused-ring (bicyclic) bond motifs is 2. The molecule has 0 bridgehead atoms. The smallest absolute Gasteiger partial charge is 0.304 e. The molecule has 48 heavy (non-hydrogen) atoms. The van der Waals surface area contributed by atoms with Crippen molar-refractivity contribution in [2.75, 3.05) is 63.8 Å². The first kappa shape index (κ1) is 35.5. The zero-order valence-corrected chi connectivity index (χ0v) is 29.3. The van der Waals surface area contributed by atoms with Crippen LogP contribution in [-0.2, 0) is 24.9 Å². The van der Waals surface area contributed by atoms with Crippen LogP contribution in [0.3, 0.4) is 0 Å². The van der Waals surface area contributed by atoms with Gasteiger partial charge in [-0.3, -0.25) is 4.79 Å². The summed E-state index contributed by atoms with van der Waals surface area (Å²) in [4.78, 5) is 14.0. The van der Waals surface area contributed by atoms with Crippen molar-refractivity contribution in [3.63, 3.8) is 0 Å². The molecular formula is C34H42N4O8S2. The van der Waals surface area contributed by atoms with Crippen LogP contribution >= 0.6 is 0 Å². The van der Waals surface area contributed by atoms with Crippen molar-refractivity contribution < 1.29 is 35.7 Å². The highest BCUT2D eigenvalue weighted by atomic mass is 32.2. The van der Waals surface area contributed by atoms with E-state index in [1.807, 2.05) is 69.0 Å². The summed E-state index contributed by atoms with van der Waals surface area (Å²) in [5.74, 6) is -0.442. The van der Waals surface area contributed by atoms with Gasteiger partial charge in [-0.15, -0.1) is 0 Å². The van der Waals surface area contributed by atoms with Crippen molar-refractivity contribution in [3.8, 4) is 22.5 Å². The van der Waals surface area contributed by atoms with Crippen LogP contribution in [0, 0.1) is 0 Å². The number of carbonyl (C=O) groups is 1. The van der Waals surface area contributed by atoms with Crippen LogP contribution in [0.15, 0.2) is 68.8 Å². The van der Waals surface area contributed by atoms with Gasteiger partial charge < -0.3 is 23.9 Å². The van der Waals surface area contributed by atoms with E-state index in [2.05, 4.69) is 9.48 Å². The first-order valence-corrected chi connectivity index (χ1v) is 19.0. The van der Waals surface area contributed by atoms with Gasteiger partial charge in [0.25, 0.3) is 0 Å². The summed E-state index contributed by atoms with van der Waals surface area (Å²) in [6.45, 7) is 12.4. The summed E-state index contributed by atoms with van der Waals surface area (Å²) in [6, 6.07) is 15.0. The average Bonchev–Trinajstić information content (AvgIpc) is 3.06. The minimum Gasteiger partial charge on any atom is -0.744 e. The zero-order chi connectivity index (χ0) is 34.8. The number of piperazine rings is 1. The molecule has 0 spiro atoms. The van der Waals surface area contributed by atoms with Crippen LogP contribution in [0.4, 0.5) is 5.69 Å². The fourth-order valence-electron chi connectivity index (χ4n) is 6.40. The minimum absolute atomic E-state index is 0.0530. The number of carboxylic acids is 1. The number of anilines is 1. The van der Waals surface area contributed by atoms with Crippen molar-refractivity contribution in [1.82, 2.24) is 13.8 Å². The van der Waals surface area contributed by atoms with E-state index in [0.717, 1.165) is 43.3 Å². The first-order chi connectivity index (χ1) is 22.8. The quantitative estimate of drug-likeness (QED) is 0.132. The lowest BCUT2D eigenvalue weighted by Crippen LogP contribution is -2.48. The number of benzene rings is 3. The molecule has 5 rings (SSSR count). The van der Waals surface area contributed by atoms with Gasteiger partial charge >= 0.3 is 5.97 Å². The molecule has 0 saturated carbocycles. The van der Waals surface area contributed by atoms with Crippen LogP contribution in [0.25, 0.3) is 33.4 Å². The Kier molecular flexibility index (Phi) is 10.6. The van der Waals surface area contributed by atoms with Gasteiger partial charge in [-0.1, -0.05) is 6.07 Å². The molecule has 0 radical (unpaired) electrons. The highest BCUT2D eigenvalue weighted by Crippen LogP contribution is 2.43. The molecule has 2 aromatic carbocycles. The first-order valence-electron chi connectivity index (χ1n) is 16.2. The van der Waals surface area contributed by atoms with Crippen LogP contribution in [0.2, 0.25) is 0 Å². The molecule has 2 heterocycles. The second-order valence-electron chi connectivity index (χ2n) is 11.7. The van der Waals surface area contributed by atoms with Gasteiger partial charge in [-0.2, -0.15) is 4.31 Å². The van der Waals surface area contributed by atoms with Gasteiger partial charge in [0.2, 0.25) is 15.4 Å². The second-order valence-corrected chi connectivity index (χ2v) is 15.0. The maximum Gasteiger partial charge on any atom is 0.304 e. The minimum atomic E-state index is -5.16. The third-order valence-corrected chi connectivity index (χ3v) is 11.8. The van der Waals surface area contributed by atoms with E-state index in [-0.39, 0.29) is 30.0 Å². The Labute approximate surface area is 281 Å². The van der Waals surface area contributed by atoms with E-state index in [4.69, 9.17) is 9.52 Å². The summed E-state index contributed by atoms with van der Waals surface area (Å²) < 4.78 is 76.0. The summed E-state index contributed by atoms with van der Waals surface area (Å²) in [5.41, 5.74) is 2.52. The Hall–Kier alpha value is -3.82. The lowest BCUT2D eigenvalue weighted by molar-refractivity contribution is -0.137. The third kappa shape index (κ3) is 7.13. The Morgan fingerprint density at radius 3 is 2.17 bits per heavy atom. The number of sulfonamides is 1. The summed E-state index contributed by atoms with van der Waals surface area (Å²) in [7, 11) is -9.33. The number of hydrogen-bond donors (Lipinski definition) is 1. The highest BCUT2D eigenvalue weighted by Gasteiger charge is 2.31. The molecule has 3 aliphatic rings. The largest absolute Gasteiger partial charge is 0.744 e. The van der Waals surface area contributed by atoms with Gasteiger partial charge in [-0.05, 0) is 58.0 Å². The molecule has 0 amide bonds. The fraction of sp³-hybridized carbons (Fsp3) is 0.412. The number of nitrogens with zero attached hydrogens (tertiary/aromatic N) is 4. The average molecular weight is 699 g/mol. The number of carboxylic acid groups (broad SMARTS) is 1. The SMILES string of the molecule is CCN(CC)c1ccc2c(-c3ccc(S(=O)(=O)N4CCN(CCC(=O)O)CC4)cc3S(=O)(=O)[O-])c3ccc(=[N+](CC)CC)cc-3oc2c1. The molecule has 0 aromatic heterocycles. The van der Waals surface area contributed by atoms with E-state index in [0.29, 0.717) is 47.5 Å². The van der Waals surface area contributed by atoms with E-state index >= 15 is 0 Å². The summed E-state index contributed by atoms with van der Waals surface area (Å²) >= 11 is 0. The normalized spacial score (nSPS) is 14.9. The van der Waals surface area contributed by atoms with Gasteiger partial charge in [0.15, 0.2) is 0 Å². The zero-order valence-electron chi connectivity index (χ0n) is 27.7. The molecule has 1 fully saturated rings. The lowest BCUT2D eigenvalue weighted by Gasteiger charge is -2.33. The van der Waals surface area contributed by atoms with Crippen molar-refractivity contribution in [3.05, 3.63) is 60.0 Å². The molecule has 0 atom stereocenters. The predicted molar refractivity (Wildman–Crippen MR) is 184 cm³/mol. The number of rotatable bonds is 12. The van der Waals surface area contributed by atoms with Gasteiger partial charge in [-0.25, -0.2) is 21.4 Å². The Morgan fingerprint density at radius 2 is 1.56 bits per heavy atom. The van der Waals surface area contributed by atoms with Crippen molar-refractivity contribution in [1.29, 1.82) is 0 Å². The summed E-state index contributed by atoms with van der Waals surface area (Å²) in [5, 5.41) is 10.5. The van der Waals surface area contributed by atoms with E-state index in [9.17, 15) is 26.2 Å². The molecule has 1 saturated heterocycles. The van der Waals surface area contributed by atoms with Gasteiger partial charge in [0.05, 0.1) is 22.3 Å². The molecular weight excluding hydrogens is 657 g/mol. The maximum absolute atomic E-state index is 13.7. The Bertz CT molecular complexity index is 2080. The summed E-state index contributed by atoms with van der Waals surface area (Å²) in [6.07, 6.45) is -0.0530. The van der Waals surface area contributed by atoms with E-state index in [1.54, 1.807) is 0 Å². The number of aliphatic carboxylic acids is 1. The van der Waals surface area contributed by atoms with E-state index < -0.39 is 31.0 Å². The number of hydrogen-bond acceptors (Lipinski definition) is 9. The van der Waals surface area contributed by atoms with Crippen molar-refractivity contribution in [2.24, 2.45) is 0 Å². The topological polar surface area (TPSA) is 155 Å². The highest BCUT2D eigenvalue weighted by molar-refractivity contribution is 7.89. The Balaban J connectivity index is 1.69. The molecule has 258 valence electrons. The monoisotopic (exact) mass is 698 g/mol. The third-order valence-electron chi connectivity index (χ3n) is 9.05. The molecule has 2 aromatic rings. The van der Waals surface area contributed by atoms with Crippen LogP contribution in [0.1, 0.15) is 34.1 Å². The lowest BCUT2D eigenvalue weighted by atomic mass is 9.93. The molecule has 0 unspecified atom stereocenters. The molecule has 14 heteroatoms. The molecule has 1 aliphatic carbocycles. The molecule has 12 nitrogen and oxygen atoms in total. The van der Waals surface area contributed by atoms with Gasteiger partial charge in [0, 0.05) is 85.7 Å². The fourth-order valence-corrected chi connectivity index (χ4v) is 8.64. The van der Waals surface area contributed by atoms with Crippen LogP contribution in [-0.4, -0.2) is 101 Å². The van der Waals surface area contributed by atoms with Crippen LogP contribution in [0.5, 0.6) is 0 Å². The Morgan fingerprint density at radius 1 is 0.896 bits per heavy atom. The van der Waals surface area contributed by atoms with Crippen LogP contribution < -0.4 is 14.8 Å². The van der Waals surface area contributed by atoms with Crippen molar-refractivity contribution in [2.45, 2.75) is 43.9 Å². The molecule has 1 N–H and O–H groups in total. The predicted octanol–water partition coefficient (Wildman–Crippen LogP) is 3.55. The van der Waals surface area contributed by atoms with E-state index in [1.165, 1.54) is 16.4 Å². The second kappa shape index (κ2) is 14.3. The maximum atomic E-state index is 13.7.